The maximum Gasteiger partial charge on any atom is 0.137 e. The van der Waals surface area contributed by atoms with Gasteiger partial charge in [0.2, 0.25) is 0 Å². The molecule has 1 atom stereocenters. The Balaban J connectivity index is 2.40. The molecule has 0 aliphatic rings. The van der Waals surface area contributed by atoms with E-state index in [-0.39, 0.29) is 5.82 Å². The molecule has 0 fully saturated rings. The molecule has 0 amide bonds. The van der Waals surface area contributed by atoms with Crippen molar-refractivity contribution in [3.05, 3.63) is 58.8 Å². The van der Waals surface area contributed by atoms with E-state index in [0.29, 0.717) is 11.3 Å². The first-order chi connectivity index (χ1) is 7.58. The van der Waals surface area contributed by atoms with Crippen LogP contribution in [0.25, 0.3) is 0 Å². The number of hydrogen-bond acceptors (Lipinski definition) is 2. The third-order valence-corrected chi connectivity index (χ3v) is 2.57. The van der Waals surface area contributed by atoms with Gasteiger partial charge in [0.05, 0.1) is 0 Å². The van der Waals surface area contributed by atoms with E-state index in [4.69, 9.17) is 4.42 Å². The molecule has 1 N–H and O–H groups in total. The number of aliphatic hydroxyl groups is 1. The standard InChI is InChI=1S/C13H13FO2/c1-8-3-5-10(14)7-11(8)13(15)12-6-4-9(2)16-12/h3-7,13,15H,1-2H3. The molecule has 2 aromatic rings. The molecule has 16 heavy (non-hydrogen) atoms. The number of rotatable bonds is 2. The van der Waals surface area contributed by atoms with Crippen molar-refractivity contribution in [1.82, 2.24) is 0 Å². The molecule has 0 spiro atoms. The van der Waals surface area contributed by atoms with Gasteiger partial charge >= 0.3 is 0 Å². The van der Waals surface area contributed by atoms with Crippen molar-refractivity contribution in [2.45, 2.75) is 20.0 Å². The second-order valence-corrected chi connectivity index (χ2v) is 3.85. The van der Waals surface area contributed by atoms with Crippen molar-refractivity contribution in [2.75, 3.05) is 0 Å². The van der Waals surface area contributed by atoms with Gasteiger partial charge in [0.1, 0.15) is 23.4 Å². The van der Waals surface area contributed by atoms with Gasteiger partial charge < -0.3 is 9.52 Å². The molecule has 0 saturated carbocycles. The van der Waals surface area contributed by atoms with E-state index in [0.717, 1.165) is 11.3 Å². The lowest BCUT2D eigenvalue weighted by Crippen LogP contribution is -2.01. The first-order valence-corrected chi connectivity index (χ1v) is 5.08. The quantitative estimate of drug-likeness (QED) is 0.843. The molecule has 0 aliphatic carbocycles. The van der Waals surface area contributed by atoms with Gasteiger partial charge in [-0.05, 0) is 49.2 Å². The van der Waals surface area contributed by atoms with E-state index in [9.17, 15) is 9.50 Å². The highest BCUT2D eigenvalue weighted by Gasteiger charge is 2.16. The number of benzene rings is 1. The maximum atomic E-state index is 13.1. The van der Waals surface area contributed by atoms with E-state index in [1.165, 1.54) is 12.1 Å². The molecule has 1 unspecified atom stereocenters. The smallest absolute Gasteiger partial charge is 0.137 e. The topological polar surface area (TPSA) is 33.4 Å². The fourth-order valence-electron chi connectivity index (χ4n) is 1.66. The van der Waals surface area contributed by atoms with Crippen LogP contribution in [0.15, 0.2) is 34.7 Å². The minimum Gasteiger partial charge on any atom is -0.463 e. The van der Waals surface area contributed by atoms with E-state index >= 15 is 0 Å². The van der Waals surface area contributed by atoms with Crippen molar-refractivity contribution >= 4 is 0 Å². The van der Waals surface area contributed by atoms with Crippen molar-refractivity contribution < 1.29 is 13.9 Å². The van der Waals surface area contributed by atoms with Crippen molar-refractivity contribution in [2.24, 2.45) is 0 Å². The van der Waals surface area contributed by atoms with Crippen LogP contribution < -0.4 is 0 Å². The molecule has 0 aliphatic heterocycles. The molecule has 0 saturated heterocycles. The summed E-state index contributed by atoms with van der Waals surface area (Å²) in [6.07, 6.45) is -0.913. The Bertz CT molecular complexity index is 502. The molecular weight excluding hydrogens is 207 g/mol. The summed E-state index contributed by atoms with van der Waals surface area (Å²) < 4.78 is 18.4. The van der Waals surface area contributed by atoms with Crippen molar-refractivity contribution in [1.29, 1.82) is 0 Å². The highest BCUT2D eigenvalue weighted by Crippen LogP contribution is 2.26. The van der Waals surface area contributed by atoms with E-state index < -0.39 is 6.10 Å². The largest absolute Gasteiger partial charge is 0.463 e. The van der Waals surface area contributed by atoms with Gasteiger partial charge in [-0.25, -0.2) is 4.39 Å². The fraction of sp³-hybridized carbons (Fsp3) is 0.231. The lowest BCUT2D eigenvalue weighted by atomic mass is 10.0. The number of hydrogen-bond donors (Lipinski definition) is 1. The van der Waals surface area contributed by atoms with Gasteiger partial charge in [-0.2, -0.15) is 0 Å². The van der Waals surface area contributed by atoms with E-state index in [1.807, 2.05) is 6.92 Å². The van der Waals surface area contributed by atoms with Gasteiger partial charge in [-0.15, -0.1) is 0 Å². The minimum atomic E-state index is -0.913. The van der Waals surface area contributed by atoms with Crippen LogP contribution >= 0.6 is 0 Å². The Hall–Kier alpha value is -1.61. The number of halogens is 1. The summed E-state index contributed by atoms with van der Waals surface area (Å²) in [5.41, 5.74) is 1.37. The van der Waals surface area contributed by atoms with Crippen molar-refractivity contribution in [3.8, 4) is 0 Å². The molecule has 84 valence electrons. The Morgan fingerprint density at radius 2 is 1.94 bits per heavy atom. The SMILES string of the molecule is Cc1ccc(C(O)c2cc(F)ccc2C)o1. The zero-order valence-corrected chi connectivity index (χ0v) is 9.20. The monoisotopic (exact) mass is 220 g/mol. The predicted molar refractivity (Wildman–Crippen MR) is 58.6 cm³/mol. The van der Waals surface area contributed by atoms with Gasteiger partial charge in [0, 0.05) is 0 Å². The molecule has 1 aromatic heterocycles. The number of aryl methyl sites for hydroxylation is 2. The molecule has 3 heteroatoms. The fourth-order valence-corrected chi connectivity index (χ4v) is 1.66. The summed E-state index contributed by atoms with van der Waals surface area (Å²) in [4.78, 5) is 0. The second kappa shape index (κ2) is 4.10. The number of furan rings is 1. The lowest BCUT2D eigenvalue weighted by molar-refractivity contribution is 0.186. The number of aliphatic hydroxyl groups excluding tert-OH is 1. The zero-order chi connectivity index (χ0) is 11.7. The summed E-state index contributed by atoms with van der Waals surface area (Å²) in [6.45, 7) is 3.63. The predicted octanol–water partition coefficient (Wildman–Crippen LogP) is 3.12. The summed E-state index contributed by atoms with van der Waals surface area (Å²) in [5, 5.41) is 10.1. The molecule has 0 bridgehead atoms. The highest BCUT2D eigenvalue weighted by atomic mass is 19.1. The van der Waals surface area contributed by atoms with Gasteiger partial charge in [-0.1, -0.05) is 6.07 Å². The summed E-state index contributed by atoms with van der Waals surface area (Å²) in [5.74, 6) is 0.803. The van der Waals surface area contributed by atoms with Gasteiger partial charge in [0.15, 0.2) is 0 Å². The molecule has 0 radical (unpaired) electrons. The van der Waals surface area contributed by atoms with Crippen LogP contribution in [0.4, 0.5) is 4.39 Å². The third-order valence-electron chi connectivity index (χ3n) is 2.57. The second-order valence-electron chi connectivity index (χ2n) is 3.85. The van der Waals surface area contributed by atoms with Crippen LogP contribution in [0.3, 0.4) is 0 Å². The van der Waals surface area contributed by atoms with Gasteiger partial charge in [-0.3, -0.25) is 0 Å². The minimum absolute atomic E-state index is 0.358. The molecule has 2 nitrogen and oxygen atoms in total. The highest BCUT2D eigenvalue weighted by molar-refractivity contribution is 5.32. The third kappa shape index (κ3) is 1.99. The Morgan fingerprint density at radius 1 is 1.19 bits per heavy atom. The summed E-state index contributed by atoms with van der Waals surface area (Å²) in [6, 6.07) is 7.82. The van der Waals surface area contributed by atoms with E-state index in [1.54, 1.807) is 25.1 Å². The average molecular weight is 220 g/mol. The first-order valence-electron chi connectivity index (χ1n) is 5.08. The lowest BCUT2D eigenvalue weighted by Gasteiger charge is -2.11. The Kier molecular flexibility index (Phi) is 2.79. The molecule has 2 rings (SSSR count). The Morgan fingerprint density at radius 3 is 2.56 bits per heavy atom. The van der Waals surface area contributed by atoms with Crippen LogP contribution in [-0.4, -0.2) is 5.11 Å². The molecule has 1 aromatic carbocycles. The first kappa shape index (κ1) is 10.9. The Labute approximate surface area is 93.3 Å². The zero-order valence-electron chi connectivity index (χ0n) is 9.20. The van der Waals surface area contributed by atoms with Crippen LogP contribution in [0.2, 0.25) is 0 Å². The normalized spacial score (nSPS) is 12.8. The molecular formula is C13H13FO2. The van der Waals surface area contributed by atoms with E-state index in [2.05, 4.69) is 0 Å². The summed E-state index contributed by atoms with van der Waals surface area (Å²) in [7, 11) is 0. The van der Waals surface area contributed by atoms with Crippen LogP contribution in [0.5, 0.6) is 0 Å². The van der Waals surface area contributed by atoms with Crippen LogP contribution in [0, 0.1) is 19.7 Å². The van der Waals surface area contributed by atoms with Crippen molar-refractivity contribution in [3.63, 3.8) is 0 Å². The average Bonchev–Trinajstić information content (AvgIpc) is 2.67. The maximum absolute atomic E-state index is 13.1. The molecule has 1 heterocycles. The van der Waals surface area contributed by atoms with Gasteiger partial charge in [0.25, 0.3) is 0 Å². The summed E-state index contributed by atoms with van der Waals surface area (Å²) >= 11 is 0. The van der Waals surface area contributed by atoms with Crippen LogP contribution in [-0.2, 0) is 0 Å². The van der Waals surface area contributed by atoms with Crippen LogP contribution in [0.1, 0.15) is 28.8 Å².